The fourth-order valence-corrected chi connectivity index (χ4v) is 3.10. The highest BCUT2D eigenvalue weighted by Crippen LogP contribution is 2.44. The van der Waals surface area contributed by atoms with Crippen molar-refractivity contribution in [2.24, 2.45) is 5.29 Å². The average molecular weight is 319 g/mol. The van der Waals surface area contributed by atoms with Crippen LogP contribution in [-0.2, 0) is 6.54 Å². The molecule has 0 bridgehead atoms. The minimum Gasteiger partial charge on any atom is -0.479 e. The Morgan fingerprint density at radius 1 is 1.45 bits per heavy atom. The number of anilines is 1. The summed E-state index contributed by atoms with van der Waals surface area (Å²) in [4.78, 5) is 30.5. The number of nitro benzene ring substituents is 1. The van der Waals surface area contributed by atoms with E-state index in [4.69, 9.17) is 4.74 Å². The van der Waals surface area contributed by atoms with Crippen molar-refractivity contribution in [3.8, 4) is 5.88 Å². The lowest BCUT2D eigenvalue weighted by Gasteiger charge is -2.16. The minimum absolute atomic E-state index is 0.0470. The van der Waals surface area contributed by atoms with Gasteiger partial charge < -0.3 is 4.74 Å². The van der Waals surface area contributed by atoms with E-state index in [0.29, 0.717) is 16.3 Å². The molecule has 1 aromatic carbocycles. The van der Waals surface area contributed by atoms with E-state index in [1.54, 1.807) is 6.07 Å². The van der Waals surface area contributed by atoms with Crippen LogP contribution in [0.2, 0.25) is 0 Å². The molecule has 0 saturated heterocycles. The lowest BCUT2D eigenvalue weighted by molar-refractivity contribution is -0.385. The number of nitrogens with zero attached hydrogens (tertiary/aromatic N) is 5. The van der Waals surface area contributed by atoms with Gasteiger partial charge in [-0.3, -0.25) is 10.1 Å². The quantitative estimate of drug-likeness (QED) is 0.367. The van der Waals surface area contributed by atoms with Crippen LogP contribution in [-0.4, -0.2) is 22.0 Å². The van der Waals surface area contributed by atoms with Gasteiger partial charge in [-0.25, -0.2) is 9.99 Å². The van der Waals surface area contributed by atoms with Gasteiger partial charge in [-0.2, -0.15) is 4.98 Å². The molecule has 22 heavy (non-hydrogen) atoms. The number of non-ortho nitro benzene ring substituents is 1. The second-order valence-corrected chi connectivity index (χ2v) is 5.36. The average Bonchev–Trinajstić information content (AvgIpc) is 2.69. The number of rotatable bonds is 3. The number of benzene rings is 1. The Kier molecular flexibility index (Phi) is 3.59. The smallest absolute Gasteiger partial charge is 0.269 e. The summed E-state index contributed by atoms with van der Waals surface area (Å²) in [6.07, 6.45) is 1.32. The van der Waals surface area contributed by atoms with Crippen LogP contribution >= 0.6 is 11.8 Å². The Morgan fingerprint density at radius 2 is 2.27 bits per heavy atom. The van der Waals surface area contributed by atoms with E-state index < -0.39 is 4.92 Å². The third-order valence-electron chi connectivity index (χ3n) is 3.09. The van der Waals surface area contributed by atoms with Crippen molar-refractivity contribution in [1.29, 1.82) is 0 Å². The summed E-state index contributed by atoms with van der Waals surface area (Å²) in [7, 11) is 1.43. The summed E-state index contributed by atoms with van der Waals surface area (Å²) in [5.74, 6) is 0.222. The molecule has 2 aromatic rings. The molecule has 9 nitrogen and oxygen atoms in total. The highest BCUT2D eigenvalue weighted by atomic mass is 32.2. The van der Waals surface area contributed by atoms with Gasteiger partial charge in [0.1, 0.15) is 11.4 Å². The van der Waals surface area contributed by atoms with Crippen molar-refractivity contribution in [1.82, 2.24) is 9.97 Å². The van der Waals surface area contributed by atoms with Crippen molar-refractivity contribution >= 4 is 23.1 Å². The predicted molar refractivity (Wildman–Crippen MR) is 77.8 cm³/mol. The first-order chi connectivity index (χ1) is 10.6. The normalized spacial score (nSPS) is 12.9. The fraction of sp³-hybridized carbons (Fsp3) is 0.167. The Labute approximate surface area is 128 Å². The third kappa shape index (κ3) is 2.33. The van der Waals surface area contributed by atoms with Gasteiger partial charge in [-0.05, 0) is 11.6 Å². The standard InChI is InChI=1S/C12H9N5O4S/c1-21-11-10-12(14-6-13-11)22-9-3-2-8(17(19)20)4-7(9)5-16(10)15-18/h2-4,6H,5H2,1H3. The number of hydrogen-bond acceptors (Lipinski definition) is 8. The van der Waals surface area contributed by atoms with Gasteiger partial charge in [0.15, 0.2) is 5.69 Å². The number of ether oxygens (including phenoxy) is 1. The van der Waals surface area contributed by atoms with Crippen LogP contribution in [0.25, 0.3) is 0 Å². The molecule has 0 fully saturated rings. The molecule has 0 unspecified atom stereocenters. The topological polar surface area (TPSA) is 111 Å². The predicted octanol–water partition coefficient (Wildman–Crippen LogP) is 2.55. The first-order valence-electron chi connectivity index (χ1n) is 6.09. The van der Waals surface area contributed by atoms with Crippen LogP contribution in [0.5, 0.6) is 5.88 Å². The number of methoxy groups -OCH3 is 1. The molecule has 1 aromatic heterocycles. The molecule has 1 aliphatic rings. The highest BCUT2D eigenvalue weighted by Gasteiger charge is 2.27. The van der Waals surface area contributed by atoms with Gasteiger partial charge in [-0.15, -0.1) is 4.91 Å². The van der Waals surface area contributed by atoms with Crippen molar-refractivity contribution < 1.29 is 9.66 Å². The van der Waals surface area contributed by atoms with E-state index in [1.165, 1.54) is 37.3 Å². The summed E-state index contributed by atoms with van der Waals surface area (Å²) >= 11 is 1.28. The molecule has 112 valence electrons. The molecule has 0 spiro atoms. The fourth-order valence-electron chi connectivity index (χ4n) is 2.11. The summed E-state index contributed by atoms with van der Waals surface area (Å²) < 4.78 is 5.15. The van der Waals surface area contributed by atoms with Gasteiger partial charge in [0.05, 0.1) is 23.9 Å². The molecule has 0 radical (unpaired) electrons. The number of nitro groups is 1. The van der Waals surface area contributed by atoms with E-state index >= 15 is 0 Å². The van der Waals surface area contributed by atoms with Crippen LogP contribution in [0.3, 0.4) is 0 Å². The van der Waals surface area contributed by atoms with E-state index in [-0.39, 0.29) is 18.1 Å². The summed E-state index contributed by atoms with van der Waals surface area (Å²) in [5.41, 5.74) is 0.914. The zero-order valence-electron chi connectivity index (χ0n) is 11.3. The molecule has 3 rings (SSSR count). The van der Waals surface area contributed by atoms with Crippen LogP contribution in [0.4, 0.5) is 11.4 Å². The Morgan fingerprint density at radius 3 is 2.95 bits per heavy atom. The van der Waals surface area contributed by atoms with Crippen LogP contribution < -0.4 is 9.75 Å². The van der Waals surface area contributed by atoms with Gasteiger partial charge in [0, 0.05) is 17.0 Å². The molecule has 0 atom stereocenters. The van der Waals surface area contributed by atoms with Gasteiger partial charge in [0.2, 0.25) is 5.88 Å². The molecule has 10 heteroatoms. The van der Waals surface area contributed by atoms with Gasteiger partial charge in [-0.1, -0.05) is 11.8 Å². The SMILES string of the molecule is COc1ncnc2c1N(N=O)Cc1cc([N+](=O)[O-])ccc1S2. The Bertz CT molecular complexity index is 769. The molecule has 1 aliphatic heterocycles. The summed E-state index contributed by atoms with van der Waals surface area (Å²) in [5, 5.41) is 15.5. The molecule has 0 aliphatic carbocycles. The Hall–Kier alpha value is -2.75. The number of aromatic nitrogens is 2. The van der Waals surface area contributed by atoms with Crippen LogP contribution in [0.15, 0.2) is 39.7 Å². The van der Waals surface area contributed by atoms with Crippen molar-refractivity contribution in [3.05, 3.63) is 45.1 Å². The molecule has 2 heterocycles. The molecule has 0 N–H and O–H groups in total. The lowest BCUT2D eigenvalue weighted by atomic mass is 10.2. The molecule has 0 amide bonds. The second kappa shape index (κ2) is 5.56. The first kappa shape index (κ1) is 14.2. The number of hydrogen-bond donors (Lipinski definition) is 0. The van der Waals surface area contributed by atoms with Crippen molar-refractivity contribution in [2.75, 3.05) is 12.1 Å². The molecule has 0 saturated carbocycles. The van der Waals surface area contributed by atoms with E-state index in [1.807, 2.05) is 0 Å². The van der Waals surface area contributed by atoms with Crippen LogP contribution in [0, 0.1) is 15.0 Å². The van der Waals surface area contributed by atoms with Gasteiger partial charge >= 0.3 is 0 Å². The molecular weight excluding hydrogens is 310 g/mol. The largest absolute Gasteiger partial charge is 0.479 e. The third-order valence-corrected chi connectivity index (χ3v) is 4.20. The maximum atomic E-state index is 11.2. The minimum atomic E-state index is -0.484. The van der Waals surface area contributed by atoms with Gasteiger partial charge in [0.25, 0.3) is 5.69 Å². The Balaban J connectivity index is 2.15. The van der Waals surface area contributed by atoms with Crippen LogP contribution in [0.1, 0.15) is 5.56 Å². The van der Waals surface area contributed by atoms with Crippen molar-refractivity contribution in [3.63, 3.8) is 0 Å². The zero-order chi connectivity index (χ0) is 15.7. The van der Waals surface area contributed by atoms with E-state index in [0.717, 1.165) is 9.90 Å². The number of fused-ring (bicyclic) bond motifs is 2. The van der Waals surface area contributed by atoms with E-state index in [2.05, 4.69) is 15.3 Å². The zero-order valence-corrected chi connectivity index (χ0v) is 12.1. The highest BCUT2D eigenvalue weighted by molar-refractivity contribution is 7.99. The van der Waals surface area contributed by atoms with E-state index in [9.17, 15) is 15.0 Å². The lowest BCUT2D eigenvalue weighted by Crippen LogP contribution is -2.16. The monoisotopic (exact) mass is 319 g/mol. The molecular formula is C12H9N5O4S. The maximum Gasteiger partial charge on any atom is 0.269 e. The van der Waals surface area contributed by atoms with Crippen molar-refractivity contribution in [2.45, 2.75) is 16.5 Å². The first-order valence-corrected chi connectivity index (χ1v) is 6.90. The summed E-state index contributed by atoms with van der Waals surface area (Å²) in [6.45, 7) is 0.0737. The number of nitroso groups, excluding NO2 is 1. The maximum absolute atomic E-state index is 11.2. The summed E-state index contributed by atoms with van der Waals surface area (Å²) in [6, 6.07) is 4.46. The second-order valence-electron chi connectivity index (χ2n) is 4.33.